The lowest BCUT2D eigenvalue weighted by Crippen LogP contribution is -2.37. The fraction of sp³-hybridized carbons (Fsp3) is 0.571. The number of benzene rings is 1. The largest absolute Gasteiger partial charge is 0.392 e. The molecule has 6 heteroatoms. The molecule has 1 aromatic rings. The number of nitrogens with one attached hydrogen (secondary N) is 1. The number of nitrogens with zero attached hydrogens (tertiary/aromatic N) is 1. The van der Waals surface area contributed by atoms with Crippen molar-refractivity contribution >= 4 is 10.0 Å². The maximum atomic E-state index is 12.3. The van der Waals surface area contributed by atoms with Gasteiger partial charge in [-0.25, -0.2) is 13.1 Å². The van der Waals surface area contributed by atoms with Crippen molar-refractivity contribution < 1.29 is 13.5 Å². The molecule has 1 unspecified atom stereocenters. The quantitative estimate of drug-likeness (QED) is 0.839. The predicted molar refractivity (Wildman–Crippen MR) is 75.7 cm³/mol. The van der Waals surface area contributed by atoms with Gasteiger partial charge in [0, 0.05) is 25.2 Å². The van der Waals surface area contributed by atoms with Crippen molar-refractivity contribution in [3.05, 3.63) is 29.8 Å². The Kier molecular flexibility index (Phi) is 3.81. The molecule has 1 aliphatic heterocycles. The first-order valence-electron chi connectivity index (χ1n) is 7.05. The van der Waals surface area contributed by atoms with Gasteiger partial charge in [0.25, 0.3) is 0 Å². The van der Waals surface area contributed by atoms with E-state index in [1.807, 2.05) is 0 Å². The average Bonchev–Trinajstić information content (AvgIpc) is 3.20. The number of likely N-dealkylation sites (tertiary alicyclic amines) is 1. The number of hydrogen-bond donors (Lipinski definition) is 2. The highest BCUT2D eigenvalue weighted by Crippen LogP contribution is 2.30. The lowest BCUT2D eigenvalue weighted by atomic mass is 10.2. The maximum absolute atomic E-state index is 12.3. The molecular weight excluding hydrogens is 276 g/mol. The van der Waals surface area contributed by atoms with Crippen LogP contribution >= 0.6 is 0 Å². The summed E-state index contributed by atoms with van der Waals surface area (Å²) in [5, 5.41) is 9.09. The van der Waals surface area contributed by atoms with Crippen molar-refractivity contribution in [2.45, 2.75) is 42.8 Å². The Labute approximate surface area is 119 Å². The summed E-state index contributed by atoms with van der Waals surface area (Å²) in [7, 11) is -3.49. The van der Waals surface area contributed by atoms with Crippen molar-refractivity contribution in [1.29, 1.82) is 0 Å². The van der Waals surface area contributed by atoms with Crippen molar-refractivity contribution in [3.63, 3.8) is 0 Å². The van der Waals surface area contributed by atoms with Crippen LogP contribution < -0.4 is 4.72 Å². The molecule has 5 nitrogen and oxygen atoms in total. The molecule has 0 aromatic heterocycles. The highest BCUT2D eigenvalue weighted by Gasteiger charge is 2.35. The molecule has 110 valence electrons. The standard InChI is InChI=1S/C14H20N2O3S/c17-10-11-2-1-3-14(8-11)20(18,19)15-12-6-7-16(9-12)13-4-5-13/h1-3,8,12-13,15,17H,4-7,9-10H2. The zero-order chi connectivity index (χ0) is 14.2. The summed E-state index contributed by atoms with van der Waals surface area (Å²) in [4.78, 5) is 2.60. The predicted octanol–water partition coefficient (Wildman–Crippen LogP) is 0.694. The van der Waals surface area contributed by atoms with Gasteiger partial charge < -0.3 is 5.11 Å². The van der Waals surface area contributed by atoms with Crippen LogP contribution in [0, 0.1) is 0 Å². The fourth-order valence-electron chi connectivity index (χ4n) is 2.75. The zero-order valence-corrected chi connectivity index (χ0v) is 12.1. The van der Waals surface area contributed by atoms with E-state index in [-0.39, 0.29) is 17.5 Å². The van der Waals surface area contributed by atoms with Gasteiger partial charge in [0.2, 0.25) is 10.0 Å². The Morgan fingerprint density at radius 2 is 2.10 bits per heavy atom. The Hall–Kier alpha value is -0.950. The van der Waals surface area contributed by atoms with Crippen LogP contribution in [0.1, 0.15) is 24.8 Å². The van der Waals surface area contributed by atoms with Crippen molar-refractivity contribution in [2.24, 2.45) is 0 Å². The van der Waals surface area contributed by atoms with E-state index in [0.29, 0.717) is 11.6 Å². The molecule has 1 aromatic carbocycles. The lowest BCUT2D eigenvalue weighted by molar-refractivity contribution is 0.281. The van der Waals surface area contributed by atoms with Crippen LogP contribution in [0.5, 0.6) is 0 Å². The summed E-state index contributed by atoms with van der Waals surface area (Å²) in [5.74, 6) is 0. The molecule has 3 rings (SSSR count). The molecule has 2 N–H and O–H groups in total. The van der Waals surface area contributed by atoms with Gasteiger partial charge in [0.15, 0.2) is 0 Å². The highest BCUT2D eigenvalue weighted by molar-refractivity contribution is 7.89. The topological polar surface area (TPSA) is 69.6 Å². The zero-order valence-electron chi connectivity index (χ0n) is 11.3. The minimum absolute atomic E-state index is 0.00150. The Morgan fingerprint density at radius 3 is 2.80 bits per heavy atom. The molecule has 1 atom stereocenters. The van der Waals surface area contributed by atoms with Gasteiger partial charge in [-0.1, -0.05) is 12.1 Å². The van der Waals surface area contributed by atoms with Crippen LogP contribution in [0.15, 0.2) is 29.2 Å². The minimum Gasteiger partial charge on any atom is -0.392 e. The molecule has 0 spiro atoms. The van der Waals surface area contributed by atoms with Crippen LogP contribution in [-0.2, 0) is 16.6 Å². The van der Waals surface area contributed by atoms with E-state index in [1.165, 1.54) is 18.9 Å². The molecule has 1 heterocycles. The third-order valence-electron chi connectivity index (χ3n) is 4.00. The van der Waals surface area contributed by atoms with Crippen LogP contribution in [0.3, 0.4) is 0 Å². The second-order valence-corrected chi connectivity index (χ2v) is 7.35. The van der Waals surface area contributed by atoms with Crippen molar-refractivity contribution in [3.8, 4) is 0 Å². The summed E-state index contributed by atoms with van der Waals surface area (Å²) < 4.78 is 27.5. The van der Waals surface area contributed by atoms with Gasteiger partial charge in [-0.05, 0) is 37.0 Å². The van der Waals surface area contributed by atoms with E-state index in [2.05, 4.69) is 9.62 Å². The lowest BCUT2D eigenvalue weighted by Gasteiger charge is -2.16. The molecule has 0 amide bonds. The Bertz CT molecular complexity index is 584. The number of sulfonamides is 1. The molecule has 0 bridgehead atoms. The molecular formula is C14H20N2O3S. The first-order valence-corrected chi connectivity index (χ1v) is 8.53. The van der Waals surface area contributed by atoms with Gasteiger partial charge >= 0.3 is 0 Å². The smallest absolute Gasteiger partial charge is 0.240 e. The van der Waals surface area contributed by atoms with Crippen LogP contribution in [0.2, 0.25) is 0 Å². The first kappa shape index (κ1) is 14.0. The van der Waals surface area contributed by atoms with Crippen molar-refractivity contribution in [2.75, 3.05) is 13.1 Å². The van der Waals surface area contributed by atoms with Crippen LogP contribution in [-0.4, -0.2) is 43.6 Å². The summed E-state index contributed by atoms with van der Waals surface area (Å²) in [6.07, 6.45) is 3.37. The maximum Gasteiger partial charge on any atom is 0.240 e. The molecule has 1 aliphatic carbocycles. The van der Waals surface area contributed by atoms with E-state index in [0.717, 1.165) is 19.5 Å². The summed E-state index contributed by atoms with van der Waals surface area (Å²) in [6.45, 7) is 1.64. The molecule has 20 heavy (non-hydrogen) atoms. The number of hydrogen-bond acceptors (Lipinski definition) is 4. The van der Waals surface area contributed by atoms with E-state index >= 15 is 0 Å². The monoisotopic (exact) mass is 296 g/mol. The number of rotatable bonds is 5. The van der Waals surface area contributed by atoms with E-state index in [9.17, 15) is 8.42 Å². The summed E-state index contributed by atoms with van der Waals surface area (Å²) in [6, 6.07) is 7.14. The third-order valence-corrected chi connectivity index (χ3v) is 5.51. The fourth-order valence-corrected chi connectivity index (χ4v) is 4.08. The summed E-state index contributed by atoms with van der Waals surface area (Å²) >= 11 is 0. The normalized spacial score (nSPS) is 24.1. The summed E-state index contributed by atoms with van der Waals surface area (Å²) in [5.41, 5.74) is 0.610. The van der Waals surface area contributed by atoms with Gasteiger partial charge in [-0.15, -0.1) is 0 Å². The number of aliphatic hydroxyl groups excluding tert-OH is 1. The van der Waals surface area contributed by atoms with Gasteiger partial charge in [0.05, 0.1) is 11.5 Å². The second kappa shape index (κ2) is 5.44. The van der Waals surface area contributed by atoms with Gasteiger partial charge in [-0.3, -0.25) is 4.90 Å². The highest BCUT2D eigenvalue weighted by atomic mass is 32.2. The number of aliphatic hydroxyl groups is 1. The van der Waals surface area contributed by atoms with Crippen LogP contribution in [0.25, 0.3) is 0 Å². The van der Waals surface area contributed by atoms with E-state index < -0.39 is 10.0 Å². The average molecular weight is 296 g/mol. The van der Waals surface area contributed by atoms with Gasteiger partial charge in [0.1, 0.15) is 0 Å². The van der Waals surface area contributed by atoms with Gasteiger partial charge in [-0.2, -0.15) is 0 Å². The molecule has 1 saturated carbocycles. The Morgan fingerprint density at radius 1 is 1.30 bits per heavy atom. The minimum atomic E-state index is -3.49. The van der Waals surface area contributed by atoms with Crippen LogP contribution in [0.4, 0.5) is 0 Å². The van der Waals surface area contributed by atoms with E-state index in [1.54, 1.807) is 18.2 Å². The Balaban J connectivity index is 1.68. The second-order valence-electron chi connectivity index (χ2n) is 5.64. The van der Waals surface area contributed by atoms with E-state index in [4.69, 9.17) is 5.11 Å². The molecule has 0 radical (unpaired) electrons. The SMILES string of the molecule is O=S(=O)(NC1CCN(C2CC2)C1)c1cccc(CO)c1. The first-order chi connectivity index (χ1) is 9.58. The third kappa shape index (κ3) is 3.03. The molecule has 1 saturated heterocycles. The molecule has 2 aliphatic rings. The molecule has 2 fully saturated rings. The van der Waals surface area contributed by atoms with Crippen molar-refractivity contribution in [1.82, 2.24) is 9.62 Å².